The summed E-state index contributed by atoms with van der Waals surface area (Å²) in [4.78, 5) is 1.32. The first-order valence-electron chi connectivity index (χ1n) is 6.34. The van der Waals surface area contributed by atoms with Crippen molar-refractivity contribution in [1.29, 1.82) is 5.26 Å². The minimum atomic E-state index is -0.0287. The van der Waals surface area contributed by atoms with Gasteiger partial charge in [-0.2, -0.15) is 5.26 Å². The summed E-state index contributed by atoms with van der Waals surface area (Å²) in [6.45, 7) is 2.10. The zero-order valence-corrected chi connectivity index (χ0v) is 11.8. The SMILES string of the molecule is COc1ccc2c(c1)CC(c1cc(C)cs1)C2C#N. The molecule has 0 radical (unpaired) electrons. The maximum atomic E-state index is 9.50. The van der Waals surface area contributed by atoms with Crippen LogP contribution in [0, 0.1) is 18.3 Å². The molecule has 0 aliphatic heterocycles. The largest absolute Gasteiger partial charge is 0.497 e. The second-order valence-electron chi connectivity index (χ2n) is 5.01. The summed E-state index contributed by atoms with van der Waals surface area (Å²) in [7, 11) is 1.68. The number of rotatable bonds is 2. The first kappa shape index (κ1) is 12.3. The Kier molecular flexibility index (Phi) is 3.04. The fraction of sp³-hybridized carbons (Fsp3) is 0.312. The number of hydrogen-bond acceptors (Lipinski definition) is 3. The first-order valence-corrected chi connectivity index (χ1v) is 7.22. The third kappa shape index (κ3) is 2.02. The molecule has 3 heteroatoms. The maximum Gasteiger partial charge on any atom is 0.119 e. The molecule has 96 valence electrons. The van der Waals surface area contributed by atoms with Gasteiger partial charge in [-0.15, -0.1) is 11.3 Å². The standard InChI is InChI=1S/C16H15NOS/c1-10-5-16(19-9-10)14-7-11-6-12(18-2)3-4-13(11)15(14)8-17/h3-6,9,14-15H,7H2,1-2H3. The van der Waals surface area contributed by atoms with Gasteiger partial charge in [0.2, 0.25) is 0 Å². The Balaban J connectivity index is 2.01. The van der Waals surface area contributed by atoms with Crippen molar-refractivity contribution in [3.63, 3.8) is 0 Å². The second kappa shape index (κ2) is 4.71. The van der Waals surface area contributed by atoms with E-state index in [1.807, 2.05) is 12.1 Å². The van der Waals surface area contributed by atoms with Crippen LogP contribution < -0.4 is 4.74 Å². The molecule has 1 aliphatic rings. The lowest BCUT2D eigenvalue weighted by atomic mass is 9.92. The Bertz CT molecular complexity index is 653. The molecule has 0 saturated heterocycles. The summed E-state index contributed by atoms with van der Waals surface area (Å²) in [5, 5.41) is 11.7. The van der Waals surface area contributed by atoms with Crippen LogP contribution in [0.1, 0.15) is 33.4 Å². The fourth-order valence-electron chi connectivity index (χ4n) is 2.83. The number of ether oxygens (including phenoxy) is 1. The van der Waals surface area contributed by atoms with Gasteiger partial charge in [0.15, 0.2) is 0 Å². The van der Waals surface area contributed by atoms with E-state index in [4.69, 9.17) is 4.74 Å². The Morgan fingerprint density at radius 1 is 1.37 bits per heavy atom. The van der Waals surface area contributed by atoms with Crippen LogP contribution in [0.5, 0.6) is 5.75 Å². The maximum absolute atomic E-state index is 9.50. The number of thiophene rings is 1. The number of nitriles is 1. The van der Waals surface area contributed by atoms with Crippen LogP contribution in [-0.2, 0) is 6.42 Å². The molecule has 19 heavy (non-hydrogen) atoms. The molecule has 0 N–H and O–H groups in total. The van der Waals surface area contributed by atoms with Crippen LogP contribution in [-0.4, -0.2) is 7.11 Å². The second-order valence-corrected chi connectivity index (χ2v) is 5.95. The van der Waals surface area contributed by atoms with Crippen molar-refractivity contribution in [3.8, 4) is 11.8 Å². The molecule has 0 fully saturated rings. The van der Waals surface area contributed by atoms with Gasteiger partial charge in [0.1, 0.15) is 5.75 Å². The third-order valence-electron chi connectivity index (χ3n) is 3.78. The number of hydrogen-bond donors (Lipinski definition) is 0. The van der Waals surface area contributed by atoms with E-state index in [1.165, 1.54) is 21.6 Å². The van der Waals surface area contributed by atoms with Crippen LogP contribution in [0.3, 0.4) is 0 Å². The van der Waals surface area contributed by atoms with Gasteiger partial charge in [-0.25, -0.2) is 0 Å². The van der Waals surface area contributed by atoms with Gasteiger partial charge >= 0.3 is 0 Å². The average molecular weight is 269 g/mol. The summed E-state index contributed by atoms with van der Waals surface area (Å²) in [6.07, 6.45) is 0.935. The lowest BCUT2D eigenvalue weighted by Gasteiger charge is -2.11. The quantitative estimate of drug-likeness (QED) is 0.825. The molecule has 1 aliphatic carbocycles. The number of benzene rings is 1. The van der Waals surface area contributed by atoms with E-state index in [0.717, 1.165) is 12.2 Å². The summed E-state index contributed by atoms with van der Waals surface area (Å²) < 4.78 is 5.27. The lowest BCUT2D eigenvalue weighted by molar-refractivity contribution is 0.414. The molecule has 1 aromatic carbocycles. The van der Waals surface area contributed by atoms with E-state index in [0.29, 0.717) is 5.92 Å². The van der Waals surface area contributed by atoms with Gasteiger partial charge in [-0.3, -0.25) is 0 Å². The van der Waals surface area contributed by atoms with Crippen molar-refractivity contribution in [3.05, 3.63) is 51.2 Å². The van der Waals surface area contributed by atoms with Crippen molar-refractivity contribution in [2.75, 3.05) is 7.11 Å². The Hall–Kier alpha value is -1.79. The van der Waals surface area contributed by atoms with Crippen LogP contribution in [0.25, 0.3) is 0 Å². The van der Waals surface area contributed by atoms with Gasteiger partial charge < -0.3 is 4.74 Å². The van der Waals surface area contributed by atoms with Gasteiger partial charge in [-0.1, -0.05) is 6.07 Å². The highest BCUT2D eigenvalue weighted by atomic mass is 32.1. The number of nitrogens with zero attached hydrogens (tertiary/aromatic N) is 1. The van der Waals surface area contributed by atoms with Gasteiger partial charge in [-0.05, 0) is 53.6 Å². The zero-order chi connectivity index (χ0) is 13.4. The van der Waals surface area contributed by atoms with E-state index in [2.05, 4.69) is 30.5 Å². The highest BCUT2D eigenvalue weighted by molar-refractivity contribution is 7.10. The topological polar surface area (TPSA) is 33.0 Å². The molecule has 2 aromatic rings. The molecule has 2 unspecified atom stereocenters. The van der Waals surface area contributed by atoms with Gasteiger partial charge in [0.05, 0.1) is 19.1 Å². The molecule has 0 spiro atoms. The first-order chi connectivity index (χ1) is 9.22. The van der Waals surface area contributed by atoms with Crippen LogP contribution in [0.15, 0.2) is 29.6 Å². The molecule has 1 aromatic heterocycles. The normalized spacial score (nSPS) is 20.9. The summed E-state index contributed by atoms with van der Waals surface area (Å²) in [5.74, 6) is 1.14. The van der Waals surface area contributed by atoms with Crippen LogP contribution >= 0.6 is 11.3 Å². The molecule has 3 rings (SSSR count). The van der Waals surface area contributed by atoms with Crippen molar-refractivity contribution < 1.29 is 4.74 Å². The minimum absolute atomic E-state index is 0.0287. The average Bonchev–Trinajstić information content (AvgIpc) is 3.00. The summed E-state index contributed by atoms with van der Waals surface area (Å²) in [5.41, 5.74) is 3.70. The van der Waals surface area contributed by atoms with E-state index in [-0.39, 0.29) is 5.92 Å². The Labute approximate surface area is 117 Å². The summed E-state index contributed by atoms with van der Waals surface area (Å²) in [6, 6.07) is 10.8. The van der Waals surface area contributed by atoms with Crippen LogP contribution in [0.2, 0.25) is 0 Å². The molecule has 0 amide bonds. The number of fused-ring (bicyclic) bond motifs is 1. The molecular formula is C16H15NOS. The lowest BCUT2D eigenvalue weighted by Crippen LogP contribution is -2.02. The third-order valence-corrected chi connectivity index (χ3v) is 4.97. The molecule has 1 heterocycles. The monoisotopic (exact) mass is 269 g/mol. The van der Waals surface area contributed by atoms with Crippen molar-refractivity contribution in [1.82, 2.24) is 0 Å². The minimum Gasteiger partial charge on any atom is -0.497 e. The van der Waals surface area contributed by atoms with Crippen molar-refractivity contribution >= 4 is 11.3 Å². The Morgan fingerprint density at radius 3 is 2.84 bits per heavy atom. The predicted molar refractivity (Wildman–Crippen MR) is 76.8 cm³/mol. The molecule has 0 saturated carbocycles. The van der Waals surface area contributed by atoms with E-state index in [9.17, 15) is 5.26 Å². The predicted octanol–water partition coefficient (Wildman–Crippen LogP) is 4.01. The summed E-state index contributed by atoms with van der Waals surface area (Å²) >= 11 is 1.76. The smallest absolute Gasteiger partial charge is 0.119 e. The zero-order valence-electron chi connectivity index (χ0n) is 11.0. The molecule has 2 atom stereocenters. The number of methoxy groups -OCH3 is 1. The van der Waals surface area contributed by atoms with Crippen molar-refractivity contribution in [2.45, 2.75) is 25.2 Å². The fourth-order valence-corrected chi connectivity index (χ4v) is 3.87. The number of aryl methyl sites for hydroxylation is 1. The van der Waals surface area contributed by atoms with E-state index in [1.54, 1.807) is 18.4 Å². The highest BCUT2D eigenvalue weighted by Crippen LogP contribution is 2.46. The van der Waals surface area contributed by atoms with Crippen LogP contribution in [0.4, 0.5) is 0 Å². The Morgan fingerprint density at radius 2 is 2.21 bits per heavy atom. The van der Waals surface area contributed by atoms with Crippen molar-refractivity contribution in [2.24, 2.45) is 0 Å². The molecule has 0 bridgehead atoms. The molecular weight excluding hydrogens is 254 g/mol. The van der Waals surface area contributed by atoms with E-state index >= 15 is 0 Å². The van der Waals surface area contributed by atoms with Gasteiger partial charge in [0, 0.05) is 10.8 Å². The highest BCUT2D eigenvalue weighted by Gasteiger charge is 2.34. The molecule has 2 nitrogen and oxygen atoms in total. The van der Waals surface area contributed by atoms with Gasteiger partial charge in [0.25, 0.3) is 0 Å². The van der Waals surface area contributed by atoms with E-state index < -0.39 is 0 Å².